The number of hydrogen-bond acceptors (Lipinski definition) is 0. The zero-order valence-corrected chi connectivity index (χ0v) is 9.85. The molecule has 1 heterocycles. The summed E-state index contributed by atoms with van der Waals surface area (Å²) in [7, 11) is 1.43. The second-order valence-corrected chi connectivity index (χ2v) is 5.03. The average molecular weight is 193 g/mol. The van der Waals surface area contributed by atoms with Crippen LogP contribution < -0.4 is 5.19 Å². The summed E-state index contributed by atoms with van der Waals surface area (Å²) in [6.45, 7) is 7.00. The van der Waals surface area contributed by atoms with E-state index in [-0.39, 0.29) is 6.15 Å². The minimum atomic E-state index is -0.219. The molecule has 0 nitrogen and oxygen atoms in total. The van der Waals surface area contributed by atoms with Gasteiger partial charge in [-0.1, -0.05) is 39.0 Å². The zero-order chi connectivity index (χ0) is 9.73. The first-order valence-corrected chi connectivity index (χ1v) is 6.37. The zero-order valence-electron chi connectivity index (χ0n) is 8.96. The lowest BCUT2D eigenvalue weighted by Crippen LogP contribution is -2.43. The van der Waals surface area contributed by atoms with Crippen molar-refractivity contribution in [2.75, 3.05) is 0 Å². The third kappa shape index (κ3) is 2.14. The minimum absolute atomic E-state index is 0.219. The molecule has 0 amide bonds. The first kappa shape index (κ1) is 10.8. The molecule has 1 aromatic rings. The molecule has 1 rings (SSSR count). The Morgan fingerprint density at radius 3 is 2.08 bits per heavy atom. The summed E-state index contributed by atoms with van der Waals surface area (Å²) >= 11 is 0. The molecule has 72 valence electrons. The van der Waals surface area contributed by atoms with Crippen LogP contribution in [-0.4, -0.2) is 6.15 Å². The Hall–Kier alpha value is -0.285. The van der Waals surface area contributed by atoms with Crippen molar-refractivity contribution in [1.29, 1.82) is 0 Å². The summed E-state index contributed by atoms with van der Waals surface area (Å²) in [5.74, 6) is 2.26. The van der Waals surface area contributed by atoms with Crippen LogP contribution in [0, 0.1) is 0 Å². The summed E-state index contributed by atoms with van der Waals surface area (Å²) in [4.78, 5) is 0. The second kappa shape index (κ2) is 4.81. The normalized spacial score (nSPS) is 12.2. The average Bonchev–Trinajstić information content (AvgIpc) is 2.23. The molecule has 0 saturated carbocycles. The lowest BCUT2D eigenvalue weighted by molar-refractivity contribution is 1.20. The molecule has 0 atom stereocenters. The molecule has 0 aliphatic heterocycles. The van der Waals surface area contributed by atoms with Crippen molar-refractivity contribution in [1.82, 2.24) is 0 Å². The molecular formula is C11H19BP-. The van der Waals surface area contributed by atoms with E-state index in [4.69, 9.17) is 0 Å². The summed E-state index contributed by atoms with van der Waals surface area (Å²) in [5.41, 5.74) is 0. The van der Waals surface area contributed by atoms with Crippen LogP contribution in [0.15, 0.2) is 24.0 Å². The van der Waals surface area contributed by atoms with Gasteiger partial charge in [-0.25, -0.2) is 0 Å². The lowest BCUT2D eigenvalue weighted by atomic mass is 9.20. The highest BCUT2D eigenvalue weighted by Gasteiger charge is 2.19. The Kier molecular flexibility index (Phi) is 4.00. The van der Waals surface area contributed by atoms with Gasteiger partial charge in [0.15, 0.2) is 0 Å². The van der Waals surface area contributed by atoms with Crippen LogP contribution in [0.2, 0.25) is 19.0 Å². The van der Waals surface area contributed by atoms with Gasteiger partial charge >= 0.3 is 0 Å². The topological polar surface area (TPSA) is 0 Å². The molecule has 0 aromatic carbocycles. The van der Waals surface area contributed by atoms with Crippen LogP contribution in [0.3, 0.4) is 0 Å². The molecule has 0 aliphatic carbocycles. The van der Waals surface area contributed by atoms with Crippen molar-refractivity contribution in [3.8, 4) is 0 Å². The largest absolute Gasteiger partial charge is 0.183 e. The molecule has 0 spiro atoms. The SMILES string of the molecule is CC[B-](CC)(CC)c1ccccp1. The maximum atomic E-state index is 2.34. The van der Waals surface area contributed by atoms with Crippen molar-refractivity contribution in [2.45, 2.75) is 39.7 Å². The van der Waals surface area contributed by atoms with Gasteiger partial charge in [0.1, 0.15) is 0 Å². The van der Waals surface area contributed by atoms with Crippen molar-refractivity contribution >= 4 is 19.5 Å². The van der Waals surface area contributed by atoms with Crippen molar-refractivity contribution < 1.29 is 0 Å². The van der Waals surface area contributed by atoms with E-state index in [9.17, 15) is 0 Å². The fourth-order valence-electron chi connectivity index (χ4n) is 2.23. The first-order valence-electron chi connectivity index (χ1n) is 5.41. The second-order valence-electron chi connectivity index (χ2n) is 3.96. The van der Waals surface area contributed by atoms with E-state index in [1.165, 1.54) is 27.2 Å². The van der Waals surface area contributed by atoms with Gasteiger partial charge in [0.25, 0.3) is 0 Å². The van der Waals surface area contributed by atoms with Crippen LogP contribution in [0.4, 0.5) is 0 Å². The molecule has 1 aromatic heterocycles. The molecule has 0 aliphatic rings. The maximum absolute atomic E-state index is 2.34. The van der Waals surface area contributed by atoms with Gasteiger partial charge in [-0.3, -0.25) is 0 Å². The van der Waals surface area contributed by atoms with E-state index in [2.05, 4.69) is 44.8 Å². The van der Waals surface area contributed by atoms with E-state index in [0.29, 0.717) is 0 Å². The third-order valence-electron chi connectivity index (χ3n) is 3.66. The van der Waals surface area contributed by atoms with Gasteiger partial charge in [-0.05, 0) is 5.80 Å². The summed E-state index contributed by atoms with van der Waals surface area (Å²) < 4.78 is 0. The molecule has 0 saturated heterocycles. The van der Waals surface area contributed by atoms with Gasteiger partial charge in [0, 0.05) is 6.15 Å². The standard InChI is InChI=1S/C11H19BP/c1-4-12(5-2,6-3)11-9-7-8-10-13-11/h7-10H,4-6H2,1-3H3/q-1. The van der Waals surface area contributed by atoms with Crippen LogP contribution in [-0.2, 0) is 0 Å². The van der Waals surface area contributed by atoms with Gasteiger partial charge in [-0.2, -0.15) is 24.2 Å². The molecule has 0 bridgehead atoms. The van der Waals surface area contributed by atoms with Crippen LogP contribution in [0.1, 0.15) is 20.8 Å². The summed E-state index contributed by atoms with van der Waals surface area (Å²) in [6.07, 6.45) is 3.76. The molecule has 2 heteroatoms. The predicted molar refractivity (Wildman–Crippen MR) is 65.8 cm³/mol. The number of rotatable bonds is 4. The Bertz CT molecular complexity index is 233. The number of hydrogen-bond donors (Lipinski definition) is 0. The highest BCUT2D eigenvalue weighted by Crippen LogP contribution is 2.22. The Labute approximate surface area is 83.8 Å². The molecule has 13 heavy (non-hydrogen) atoms. The summed E-state index contributed by atoms with van der Waals surface area (Å²) in [6, 6.07) is 6.66. The van der Waals surface area contributed by atoms with E-state index in [1.54, 1.807) is 5.19 Å². The minimum Gasteiger partial charge on any atom is -0.183 e. The van der Waals surface area contributed by atoms with E-state index in [1.807, 2.05) is 0 Å². The quantitative estimate of drug-likeness (QED) is 0.634. The van der Waals surface area contributed by atoms with Crippen molar-refractivity contribution in [3.05, 3.63) is 24.0 Å². The molecular weight excluding hydrogens is 174 g/mol. The Balaban J connectivity index is 3.01. The van der Waals surface area contributed by atoms with Gasteiger partial charge in [0.2, 0.25) is 0 Å². The van der Waals surface area contributed by atoms with Crippen LogP contribution >= 0.6 is 8.19 Å². The highest BCUT2D eigenvalue weighted by molar-refractivity contribution is 7.40. The third-order valence-corrected chi connectivity index (χ3v) is 4.98. The van der Waals surface area contributed by atoms with Crippen molar-refractivity contribution in [2.24, 2.45) is 0 Å². The lowest BCUT2D eigenvalue weighted by Gasteiger charge is -2.36. The molecule has 0 radical (unpaired) electrons. The molecule has 0 unspecified atom stereocenters. The van der Waals surface area contributed by atoms with E-state index >= 15 is 0 Å². The van der Waals surface area contributed by atoms with E-state index < -0.39 is 0 Å². The molecule has 0 fully saturated rings. The first-order chi connectivity index (χ1) is 6.29. The highest BCUT2D eigenvalue weighted by atomic mass is 31.0. The van der Waals surface area contributed by atoms with Crippen molar-refractivity contribution in [3.63, 3.8) is 0 Å². The molecule has 0 N–H and O–H groups in total. The van der Waals surface area contributed by atoms with Gasteiger partial charge < -0.3 is 0 Å². The maximum Gasteiger partial charge on any atom is 0.0323 e. The fourth-order valence-corrected chi connectivity index (χ4v) is 3.63. The fraction of sp³-hybridized carbons (Fsp3) is 0.545. The smallest absolute Gasteiger partial charge is 0.0323 e. The summed E-state index contributed by atoms with van der Waals surface area (Å²) in [5, 5.41) is 1.66. The van der Waals surface area contributed by atoms with Gasteiger partial charge in [-0.15, -0.1) is 8.19 Å². The van der Waals surface area contributed by atoms with Crippen LogP contribution in [0.25, 0.3) is 0 Å². The van der Waals surface area contributed by atoms with Crippen LogP contribution in [0.5, 0.6) is 0 Å². The Morgan fingerprint density at radius 1 is 1.08 bits per heavy atom. The van der Waals surface area contributed by atoms with E-state index in [0.717, 1.165) is 0 Å². The Morgan fingerprint density at radius 2 is 1.69 bits per heavy atom. The monoisotopic (exact) mass is 193 g/mol. The predicted octanol–water partition coefficient (Wildman–Crippen LogP) is 3.98. The van der Waals surface area contributed by atoms with Gasteiger partial charge in [0.05, 0.1) is 0 Å².